The van der Waals surface area contributed by atoms with Gasteiger partial charge < -0.3 is 29.7 Å². The first-order valence-electron chi connectivity index (χ1n) is 13.2. The molecule has 5 heterocycles. The summed E-state index contributed by atoms with van der Waals surface area (Å²) < 4.78 is 16.7. The summed E-state index contributed by atoms with van der Waals surface area (Å²) in [7, 11) is 1.28. The Bertz CT molecular complexity index is 1650. The van der Waals surface area contributed by atoms with E-state index in [0.717, 1.165) is 21.2 Å². The Balaban J connectivity index is 1.49. The van der Waals surface area contributed by atoms with Crippen molar-refractivity contribution in [3.63, 3.8) is 0 Å². The molecule has 4 aromatic rings. The highest BCUT2D eigenvalue weighted by Crippen LogP contribution is 2.43. The number of fused-ring (bicyclic) bond motifs is 3. The number of hydrogen-bond acceptors (Lipinski definition) is 13. The molecule has 0 bridgehead atoms. The van der Waals surface area contributed by atoms with Gasteiger partial charge in [0.15, 0.2) is 5.69 Å². The first-order chi connectivity index (χ1) is 20.4. The number of morpholine rings is 1. The molecule has 3 aromatic heterocycles. The first kappa shape index (κ1) is 27.4. The maximum absolute atomic E-state index is 13.8. The number of nitrogens with two attached hydrogens (primary N) is 2. The molecular weight excluding hydrogens is 560 g/mol. The SMILES string of the molecule is COC(=O)c1nc(N2CCOCC2)ccc1-c1cc2c(cc1C(=O)ON(N)c1ncccc1N)-c1sccc1CCO2. The molecule has 0 radical (unpaired) electrons. The molecular formula is C29H28N6O6S. The Labute approximate surface area is 245 Å². The average Bonchev–Trinajstić information content (AvgIpc) is 3.42. The third-order valence-electron chi connectivity index (χ3n) is 7.05. The van der Waals surface area contributed by atoms with Gasteiger partial charge in [0.05, 0.1) is 38.2 Å². The van der Waals surface area contributed by atoms with E-state index in [1.807, 2.05) is 16.3 Å². The van der Waals surface area contributed by atoms with Gasteiger partial charge in [-0.15, -0.1) is 16.5 Å². The van der Waals surface area contributed by atoms with Crippen LogP contribution in [0.1, 0.15) is 26.4 Å². The topological polar surface area (TPSA) is 155 Å². The number of anilines is 3. The van der Waals surface area contributed by atoms with Crippen molar-refractivity contribution in [1.29, 1.82) is 0 Å². The largest absolute Gasteiger partial charge is 0.493 e. The van der Waals surface area contributed by atoms with Crippen molar-refractivity contribution in [2.75, 3.05) is 55.8 Å². The molecule has 6 rings (SSSR count). The van der Waals surface area contributed by atoms with E-state index in [4.69, 9.17) is 30.6 Å². The number of aromatic nitrogens is 2. The average molecular weight is 589 g/mol. The molecule has 2 aliphatic heterocycles. The second-order valence-corrected chi connectivity index (χ2v) is 10.5. The van der Waals surface area contributed by atoms with Gasteiger partial charge in [0.25, 0.3) is 0 Å². The number of thiophene rings is 1. The van der Waals surface area contributed by atoms with Crippen LogP contribution in [0.15, 0.2) is 54.0 Å². The van der Waals surface area contributed by atoms with E-state index in [1.54, 1.807) is 47.7 Å². The zero-order valence-corrected chi connectivity index (χ0v) is 23.6. The molecule has 4 N–H and O–H groups in total. The molecule has 1 aromatic carbocycles. The monoisotopic (exact) mass is 588 g/mol. The van der Waals surface area contributed by atoms with E-state index in [1.165, 1.54) is 13.3 Å². The van der Waals surface area contributed by atoms with Crippen LogP contribution >= 0.6 is 11.3 Å². The lowest BCUT2D eigenvalue weighted by molar-refractivity contribution is 0.0447. The maximum atomic E-state index is 13.8. The van der Waals surface area contributed by atoms with Crippen molar-refractivity contribution < 1.29 is 28.6 Å². The molecule has 0 spiro atoms. The summed E-state index contributed by atoms with van der Waals surface area (Å²) >= 11 is 1.55. The van der Waals surface area contributed by atoms with E-state index < -0.39 is 11.9 Å². The minimum Gasteiger partial charge on any atom is -0.493 e. The van der Waals surface area contributed by atoms with Crippen molar-refractivity contribution >= 4 is 40.6 Å². The van der Waals surface area contributed by atoms with Crippen molar-refractivity contribution in [2.24, 2.45) is 5.84 Å². The van der Waals surface area contributed by atoms with Crippen molar-refractivity contribution in [3.05, 3.63) is 70.9 Å². The van der Waals surface area contributed by atoms with E-state index in [0.29, 0.717) is 62.0 Å². The Hall–Kier alpha value is -4.72. The minimum atomic E-state index is -0.796. The number of rotatable bonds is 6. The molecule has 1 fully saturated rings. The van der Waals surface area contributed by atoms with Crippen LogP contribution in [-0.2, 0) is 20.7 Å². The molecule has 0 saturated carbocycles. The number of carbonyl (C=O) groups is 2. The van der Waals surface area contributed by atoms with E-state index in [9.17, 15) is 9.59 Å². The van der Waals surface area contributed by atoms with E-state index in [-0.39, 0.29) is 22.8 Å². The highest BCUT2D eigenvalue weighted by molar-refractivity contribution is 7.13. The third-order valence-corrected chi connectivity index (χ3v) is 8.04. The smallest absolute Gasteiger partial charge is 0.365 e. The van der Waals surface area contributed by atoms with Crippen molar-refractivity contribution in [3.8, 4) is 27.3 Å². The molecule has 0 amide bonds. The number of ether oxygens (including phenoxy) is 3. The van der Waals surface area contributed by atoms with Gasteiger partial charge in [0, 0.05) is 47.3 Å². The second-order valence-electron chi connectivity index (χ2n) is 9.54. The molecule has 42 heavy (non-hydrogen) atoms. The number of hydrogen-bond donors (Lipinski definition) is 2. The first-order valence-corrected chi connectivity index (χ1v) is 14.1. The molecule has 216 valence electrons. The fourth-order valence-corrected chi connectivity index (χ4v) is 5.95. The van der Waals surface area contributed by atoms with Crippen LogP contribution in [0.3, 0.4) is 0 Å². The second kappa shape index (κ2) is 11.6. The maximum Gasteiger partial charge on any atom is 0.365 e. The molecule has 1 saturated heterocycles. The lowest BCUT2D eigenvalue weighted by atomic mass is 9.94. The Morgan fingerprint density at radius 1 is 1.05 bits per heavy atom. The highest BCUT2D eigenvalue weighted by Gasteiger charge is 2.28. The number of carbonyl (C=O) groups excluding carboxylic acids is 2. The highest BCUT2D eigenvalue weighted by atomic mass is 32.1. The standard InChI is InChI=1S/C29H28N6O6S/c1-38-29(37)25-18(4-5-24(33-25)34-9-12-39-13-10-34)19-16-23-21(26-17(6-11-40-23)7-14-42-26)15-20(19)28(36)41-35(31)27-22(30)3-2-8-32-27/h2-5,7-8,14-16H,6,9-13,30-31H2,1H3. The molecule has 0 aliphatic carbocycles. The van der Waals surface area contributed by atoms with Crippen LogP contribution in [0.2, 0.25) is 0 Å². The lowest BCUT2D eigenvalue weighted by Crippen LogP contribution is -2.37. The number of nitrogen functional groups attached to an aromatic ring is 1. The van der Waals surface area contributed by atoms with Crippen LogP contribution < -0.4 is 26.4 Å². The lowest BCUT2D eigenvalue weighted by Gasteiger charge is -2.28. The fourth-order valence-electron chi connectivity index (χ4n) is 4.97. The number of esters is 1. The summed E-state index contributed by atoms with van der Waals surface area (Å²) in [6.45, 7) is 2.81. The van der Waals surface area contributed by atoms with Gasteiger partial charge in [0.1, 0.15) is 11.6 Å². The molecule has 0 atom stereocenters. The molecule has 2 aliphatic rings. The van der Waals surface area contributed by atoms with Crippen LogP contribution in [0.5, 0.6) is 5.75 Å². The number of methoxy groups -OCH3 is 1. The van der Waals surface area contributed by atoms with Gasteiger partial charge in [-0.1, -0.05) is 0 Å². The summed E-state index contributed by atoms with van der Waals surface area (Å²) in [5.41, 5.74) is 8.96. The third kappa shape index (κ3) is 5.20. The Morgan fingerprint density at radius 3 is 2.67 bits per heavy atom. The van der Waals surface area contributed by atoms with Gasteiger partial charge in [0.2, 0.25) is 5.82 Å². The van der Waals surface area contributed by atoms with Crippen molar-refractivity contribution in [2.45, 2.75) is 6.42 Å². The predicted molar refractivity (Wildman–Crippen MR) is 157 cm³/mol. The van der Waals surface area contributed by atoms with E-state index >= 15 is 0 Å². The van der Waals surface area contributed by atoms with Crippen LogP contribution in [-0.4, -0.2) is 61.9 Å². The van der Waals surface area contributed by atoms with Gasteiger partial charge in [-0.2, -0.15) is 0 Å². The van der Waals surface area contributed by atoms with Crippen molar-refractivity contribution in [1.82, 2.24) is 9.97 Å². The minimum absolute atomic E-state index is 0.0412. The number of benzene rings is 1. The van der Waals surface area contributed by atoms with Crippen LogP contribution in [0.4, 0.5) is 17.3 Å². The van der Waals surface area contributed by atoms with E-state index in [2.05, 4.69) is 9.97 Å². The fraction of sp³-hybridized carbons (Fsp3) is 0.241. The molecule has 0 unspecified atom stereocenters. The Morgan fingerprint density at radius 2 is 1.88 bits per heavy atom. The summed E-state index contributed by atoms with van der Waals surface area (Å²) in [5, 5.41) is 2.72. The normalized spacial score (nSPS) is 14.2. The van der Waals surface area contributed by atoms with Crippen LogP contribution in [0, 0.1) is 0 Å². The Kier molecular flexibility index (Phi) is 7.61. The van der Waals surface area contributed by atoms with Crippen LogP contribution in [0.25, 0.3) is 21.6 Å². The zero-order valence-electron chi connectivity index (χ0n) is 22.7. The van der Waals surface area contributed by atoms with Gasteiger partial charge in [-0.05, 0) is 53.4 Å². The summed E-state index contributed by atoms with van der Waals surface area (Å²) in [5.74, 6) is 5.85. The van der Waals surface area contributed by atoms with Gasteiger partial charge in [-0.25, -0.2) is 25.4 Å². The number of nitrogens with zero attached hydrogens (tertiary/aromatic N) is 4. The molecule has 12 nitrogen and oxygen atoms in total. The zero-order chi connectivity index (χ0) is 29.2. The molecule has 13 heteroatoms. The predicted octanol–water partition coefficient (Wildman–Crippen LogP) is 3.46. The summed E-state index contributed by atoms with van der Waals surface area (Å²) in [6, 6.07) is 12.2. The summed E-state index contributed by atoms with van der Waals surface area (Å²) in [4.78, 5) is 44.2. The van der Waals surface area contributed by atoms with Gasteiger partial charge in [-0.3, -0.25) is 0 Å². The number of hydrazine groups is 1. The van der Waals surface area contributed by atoms with Gasteiger partial charge >= 0.3 is 11.9 Å². The summed E-state index contributed by atoms with van der Waals surface area (Å²) in [6.07, 6.45) is 2.19. The number of pyridine rings is 2. The quantitative estimate of drug-likeness (QED) is 0.192.